The minimum Gasteiger partial charge on any atom is -0.457 e. The van der Waals surface area contributed by atoms with Gasteiger partial charge in [0.1, 0.15) is 11.5 Å². The van der Waals surface area contributed by atoms with Crippen molar-refractivity contribution in [1.29, 1.82) is 0 Å². The number of carbonyl (C=O) groups excluding carboxylic acids is 1. The van der Waals surface area contributed by atoms with Crippen molar-refractivity contribution in [3.8, 4) is 11.5 Å². The van der Waals surface area contributed by atoms with Crippen LogP contribution in [0.5, 0.6) is 11.5 Å². The maximum Gasteiger partial charge on any atom is 0.278 e. The molecule has 0 aliphatic heterocycles. The van der Waals surface area contributed by atoms with Crippen molar-refractivity contribution in [3.63, 3.8) is 0 Å². The molecule has 33 heavy (non-hydrogen) atoms. The van der Waals surface area contributed by atoms with E-state index in [0.717, 1.165) is 16.7 Å². The number of rotatable bonds is 5. The van der Waals surface area contributed by atoms with Gasteiger partial charge in [-0.2, -0.15) is 9.78 Å². The van der Waals surface area contributed by atoms with Crippen molar-refractivity contribution in [2.75, 3.05) is 0 Å². The number of aromatic nitrogens is 2. The molecule has 4 aromatic carbocycles. The molecule has 0 N–H and O–H groups in total. The van der Waals surface area contributed by atoms with Crippen LogP contribution in [0.3, 0.4) is 0 Å². The Morgan fingerprint density at radius 3 is 2.21 bits per heavy atom. The third kappa shape index (κ3) is 4.56. The second-order valence-corrected chi connectivity index (χ2v) is 7.88. The summed E-state index contributed by atoms with van der Waals surface area (Å²) in [5.41, 5.74) is 2.91. The van der Waals surface area contributed by atoms with Gasteiger partial charge in [-0.25, -0.2) is 0 Å². The van der Waals surface area contributed by atoms with E-state index in [1.165, 1.54) is 4.68 Å². The highest BCUT2D eigenvalue weighted by Crippen LogP contribution is 2.29. The van der Waals surface area contributed by atoms with Gasteiger partial charge in [0.15, 0.2) is 0 Å². The van der Waals surface area contributed by atoms with E-state index in [1.807, 2.05) is 103 Å². The number of para-hydroxylation sites is 1. The number of hydrogen-bond donors (Lipinski definition) is 0. The quantitative estimate of drug-likeness (QED) is 0.281. The highest BCUT2D eigenvalue weighted by atomic mass is 35.5. The van der Waals surface area contributed by atoms with Crippen LogP contribution in [0.1, 0.15) is 21.6 Å². The zero-order chi connectivity index (χ0) is 22.6. The van der Waals surface area contributed by atoms with Crippen molar-refractivity contribution in [2.24, 2.45) is 0 Å². The number of carbonyl (C=O) groups is 1. The molecule has 5 aromatic rings. The maximum absolute atomic E-state index is 13.3. The molecule has 0 amide bonds. The van der Waals surface area contributed by atoms with Gasteiger partial charge in [-0.15, -0.1) is 0 Å². The molecule has 0 saturated heterocycles. The molecule has 1 heterocycles. The summed E-state index contributed by atoms with van der Waals surface area (Å²) in [4.78, 5) is 13.3. The largest absolute Gasteiger partial charge is 0.457 e. The van der Waals surface area contributed by atoms with E-state index in [9.17, 15) is 4.79 Å². The Balaban J connectivity index is 1.58. The summed E-state index contributed by atoms with van der Waals surface area (Å²) in [6.45, 7) is 0. The third-order valence-corrected chi connectivity index (χ3v) is 5.43. The molecule has 0 saturated carbocycles. The van der Waals surface area contributed by atoms with Crippen molar-refractivity contribution in [3.05, 3.63) is 125 Å². The lowest BCUT2D eigenvalue weighted by atomic mass is 10.1. The topological polar surface area (TPSA) is 44.1 Å². The van der Waals surface area contributed by atoms with Crippen LogP contribution >= 0.6 is 11.6 Å². The summed E-state index contributed by atoms with van der Waals surface area (Å²) in [7, 11) is 0. The van der Waals surface area contributed by atoms with Gasteiger partial charge in [0.05, 0.1) is 11.2 Å². The van der Waals surface area contributed by atoms with Gasteiger partial charge in [-0.3, -0.25) is 4.79 Å². The molecule has 0 radical (unpaired) electrons. The van der Waals surface area contributed by atoms with Gasteiger partial charge >= 0.3 is 0 Å². The first-order valence-electron chi connectivity index (χ1n) is 10.5. The van der Waals surface area contributed by atoms with Crippen LogP contribution in [0.4, 0.5) is 0 Å². The van der Waals surface area contributed by atoms with Crippen LogP contribution < -0.4 is 4.74 Å². The molecule has 5 rings (SSSR count). The minimum atomic E-state index is -0.205. The van der Waals surface area contributed by atoms with Gasteiger partial charge in [-0.05, 0) is 60.2 Å². The lowest BCUT2D eigenvalue weighted by Gasteiger charge is -2.07. The molecule has 0 aliphatic rings. The van der Waals surface area contributed by atoms with E-state index >= 15 is 0 Å². The van der Waals surface area contributed by atoms with Crippen LogP contribution in [0.2, 0.25) is 5.02 Å². The fourth-order valence-corrected chi connectivity index (χ4v) is 3.66. The van der Waals surface area contributed by atoms with Crippen LogP contribution in [0.15, 0.2) is 103 Å². The number of hydrogen-bond acceptors (Lipinski definition) is 3. The Hall–Kier alpha value is -4.15. The van der Waals surface area contributed by atoms with E-state index in [1.54, 1.807) is 12.1 Å². The number of fused-ring (bicyclic) bond motifs is 1. The average Bonchev–Trinajstić information content (AvgIpc) is 3.22. The lowest BCUT2D eigenvalue weighted by Crippen LogP contribution is -2.13. The van der Waals surface area contributed by atoms with Gasteiger partial charge in [0.2, 0.25) is 0 Å². The van der Waals surface area contributed by atoms with E-state index in [-0.39, 0.29) is 5.91 Å². The third-order valence-electron chi connectivity index (χ3n) is 5.18. The molecule has 0 aliphatic carbocycles. The molecule has 1 aromatic heterocycles. The van der Waals surface area contributed by atoms with Gasteiger partial charge in [0.25, 0.3) is 5.91 Å². The summed E-state index contributed by atoms with van der Waals surface area (Å²) in [6, 6.07) is 31.8. The monoisotopic (exact) mass is 450 g/mol. The Kier molecular flexibility index (Phi) is 5.75. The predicted octanol–water partition coefficient (Wildman–Crippen LogP) is 7.34. The molecule has 0 fully saturated rings. The first kappa shape index (κ1) is 20.7. The zero-order valence-corrected chi connectivity index (χ0v) is 18.3. The SMILES string of the molecule is O=C(c1ccccc1)n1nc(C=Cc2ccc(Cl)cc2)c2ccc(Oc3ccccc3)cc21. The van der Waals surface area contributed by atoms with Gasteiger partial charge < -0.3 is 4.74 Å². The fourth-order valence-electron chi connectivity index (χ4n) is 3.54. The van der Waals surface area contributed by atoms with Crippen molar-refractivity contribution < 1.29 is 9.53 Å². The molecule has 160 valence electrons. The Bertz CT molecular complexity index is 1440. The Morgan fingerprint density at radius 1 is 0.788 bits per heavy atom. The smallest absolute Gasteiger partial charge is 0.278 e. The van der Waals surface area contributed by atoms with Crippen LogP contribution in [0.25, 0.3) is 23.1 Å². The second kappa shape index (κ2) is 9.15. The molecule has 0 spiro atoms. The molecule has 0 atom stereocenters. The molecule has 4 nitrogen and oxygen atoms in total. The number of ether oxygens (including phenoxy) is 1. The first-order chi connectivity index (χ1) is 16.2. The predicted molar refractivity (Wildman–Crippen MR) is 133 cm³/mol. The van der Waals surface area contributed by atoms with Crippen LogP contribution in [-0.4, -0.2) is 15.7 Å². The fraction of sp³-hybridized carbons (Fsp3) is 0. The van der Waals surface area contributed by atoms with Crippen molar-refractivity contribution in [2.45, 2.75) is 0 Å². The summed E-state index contributed by atoms with van der Waals surface area (Å²) in [5, 5.41) is 6.18. The van der Waals surface area contributed by atoms with E-state index < -0.39 is 0 Å². The van der Waals surface area contributed by atoms with E-state index in [0.29, 0.717) is 27.5 Å². The normalized spacial score (nSPS) is 11.2. The summed E-state index contributed by atoms with van der Waals surface area (Å²) in [5.74, 6) is 1.15. The Labute approximate surface area is 196 Å². The molecular formula is C28H19ClN2O2. The highest BCUT2D eigenvalue weighted by molar-refractivity contribution is 6.30. The van der Waals surface area contributed by atoms with Gasteiger partial charge in [0, 0.05) is 22.0 Å². The molecule has 0 unspecified atom stereocenters. The second-order valence-electron chi connectivity index (χ2n) is 7.45. The first-order valence-corrected chi connectivity index (χ1v) is 10.8. The van der Waals surface area contributed by atoms with Crippen molar-refractivity contribution >= 4 is 40.6 Å². The summed E-state index contributed by atoms with van der Waals surface area (Å²) in [6.07, 6.45) is 3.85. The minimum absolute atomic E-state index is 0.205. The lowest BCUT2D eigenvalue weighted by molar-refractivity contribution is 0.0950. The van der Waals surface area contributed by atoms with Crippen LogP contribution in [0, 0.1) is 0 Å². The maximum atomic E-state index is 13.3. The van der Waals surface area contributed by atoms with Crippen LogP contribution in [-0.2, 0) is 0 Å². The Morgan fingerprint density at radius 2 is 1.48 bits per heavy atom. The molecule has 0 bridgehead atoms. The standard InChI is InChI=1S/C28H19ClN2O2/c29-22-14-11-20(12-15-22)13-18-26-25-17-16-24(33-23-9-5-2-6-10-23)19-27(25)31(30-26)28(32)21-7-3-1-4-8-21/h1-19H. The van der Waals surface area contributed by atoms with Crippen molar-refractivity contribution in [1.82, 2.24) is 9.78 Å². The molecular weight excluding hydrogens is 432 g/mol. The van der Waals surface area contributed by atoms with Gasteiger partial charge in [-0.1, -0.05) is 66.2 Å². The summed E-state index contributed by atoms with van der Waals surface area (Å²) < 4.78 is 7.43. The zero-order valence-electron chi connectivity index (χ0n) is 17.6. The average molecular weight is 451 g/mol. The van der Waals surface area contributed by atoms with E-state index in [4.69, 9.17) is 16.3 Å². The van der Waals surface area contributed by atoms with E-state index in [2.05, 4.69) is 5.10 Å². The molecule has 5 heteroatoms. The number of benzene rings is 4. The number of halogens is 1. The number of nitrogens with zero attached hydrogens (tertiary/aromatic N) is 2. The highest BCUT2D eigenvalue weighted by Gasteiger charge is 2.17. The summed E-state index contributed by atoms with van der Waals surface area (Å²) >= 11 is 5.99.